The van der Waals surface area contributed by atoms with Crippen molar-refractivity contribution in [3.63, 3.8) is 0 Å². The third-order valence-electron chi connectivity index (χ3n) is 5.49. The molecule has 1 fully saturated rings. The Morgan fingerprint density at radius 2 is 1.60 bits per heavy atom. The maximum Gasteiger partial charge on any atom is 0.326 e. The fraction of sp³-hybridized carbons (Fsp3) is 0.455. The standard InChI is InChI=1S/C22H29N5O8/c23-13(9-12-5-2-1-3-6-12)19(31)25-14(11-18(29)30)20(32)26-15(10-17(24)28)21(33)27-8-4-7-16(27)22(34)35/h1-3,5-6,13-16H,4,7-11,23H2,(H2,24,28)(H,25,31)(H,26,32)(H,29,30)(H,34,35). The number of amides is 4. The zero-order valence-corrected chi connectivity index (χ0v) is 18.9. The summed E-state index contributed by atoms with van der Waals surface area (Å²) in [6.45, 7) is 0.102. The monoisotopic (exact) mass is 491 g/mol. The van der Waals surface area contributed by atoms with E-state index in [0.717, 1.165) is 10.5 Å². The van der Waals surface area contributed by atoms with Gasteiger partial charge in [0.05, 0.1) is 18.9 Å². The molecule has 190 valence electrons. The summed E-state index contributed by atoms with van der Waals surface area (Å²) in [5.74, 6) is -6.28. The summed E-state index contributed by atoms with van der Waals surface area (Å²) in [5, 5.41) is 23.0. The molecule has 0 bridgehead atoms. The largest absolute Gasteiger partial charge is 0.481 e. The Morgan fingerprint density at radius 1 is 0.971 bits per heavy atom. The van der Waals surface area contributed by atoms with E-state index in [2.05, 4.69) is 10.6 Å². The number of rotatable bonds is 12. The SMILES string of the molecule is NC(=O)CC(NC(=O)C(CC(=O)O)NC(=O)C(N)Cc1ccccc1)C(=O)N1CCCC1C(=O)O. The van der Waals surface area contributed by atoms with E-state index in [9.17, 15) is 39.0 Å². The number of aliphatic carboxylic acids is 2. The van der Waals surface area contributed by atoms with Crippen LogP contribution in [-0.2, 0) is 35.2 Å². The highest BCUT2D eigenvalue weighted by atomic mass is 16.4. The first kappa shape index (κ1) is 27.2. The van der Waals surface area contributed by atoms with Gasteiger partial charge in [-0.15, -0.1) is 0 Å². The summed E-state index contributed by atoms with van der Waals surface area (Å²) in [6.07, 6.45) is -0.724. The van der Waals surface area contributed by atoms with Crippen molar-refractivity contribution < 1.29 is 39.0 Å². The van der Waals surface area contributed by atoms with Gasteiger partial charge in [-0.2, -0.15) is 0 Å². The van der Waals surface area contributed by atoms with Gasteiger partial charge in [0.2, 0.25) is 23.6 Å². The minimum absolute atomic E-state index is 0.102. The van der Waals surface area contributed by atoms with Crippen molar-refractivity contribution in [3.05, 3.63) is 35.9 Å². The lowest BCUT2D eigenvalue weighted by molar-refractivity contribution is -0.150. The van der Waals surface area contributed by atoms with Crippen molar-refractivity contribution in [2.45, 2.75) is 56.3 Å². The average molecular weight is 492 g/mol. The molecule has 1 saturated heterocycles. The maximum atomic E-state index is 12.9. The highest BCUT2D eigenvalue weighted by Crippen LogP contribution is 2.19. The Bertz CT molecular complexity index is 970. The molecule has 0 aliphatic carbocycles. The molecule has 4 amide bonds. The summed E-state index contributed by atoms with van der Waals surface area (Å²) in [4.78, 5) is 73.6. The number of carbonyl (C=O) groups is 6. The molecule has 0 saturated carbocycles. The predicted molar refractivity (Wildman–Crippen MR) is 120 cm³/mol. The van der Waals surface area contributed by atoms with Crippen molar-refractivity contribution >= 4 is 35.6 Å². The van der Waals surface area contributed by atoms with E-state index in [4.69, 9.17) is 11.5 Å². The first-order chi connectivity index (χ1) is 16.5. The molecule has 1 aliphatic heterocycles. The molecule has 4 atom stereocenters. The number of likely N-dealkylation sites (tertiary alicyclic amines) is 1. The fourth-order valence-corrected chi connectivity index (χ4v) is 3.78. The second-order valence-corrected chi connectivity index (χ2v) is 8.21. The summed E-state index contributed by atoms with van der Waals surface area (Å²) in [7, 11) is 0. The van der Waals surface area contributed by atoms with E-state index in [0.29, 0.717) is 6.42 Å². The van der Waals surface area contributed by atoms with Gasteiger partial charge in [0, 0.05) is 6.54 Å². The molecule has 1 aromatic rings. The molecule has 13 heteroatoms. The van der Waals surface area contributed by atoms with Gasteiger partial charge < -0.3 is 37.2 Å². The van der Waals surface area contributed by atoms with E-state index >= 15 is 0 Å². The summed E-state index contributed by atoms with van der Waals surface area (Å²) < 4.78 is 0. The van der Waals surface area contributed by atoms with Crippen LogP contribution in [0, 0.1) is 0 Å². The number of hydrogen-bond donors (Lipinski definition) is 6. The van der Waals surface area contributed by atoms with Crippen LogP contribution in [-0.4, -0.2) is 81.4 Å². The maximum absolute atomic E-state index is 12.9. The Labute approximate surface area is 200 Å². The lowest BCUT2D eigenvalue weighted by Crippen LogP contribution is -2.58. The Kier molecular flexibility index (Phi) is 9.70. The summed E-state index contributed by atoms with van der Waals surface area (Å²) in [5.41, 5.74) is 11.8. The fourth-order valence-electron chi connectivity index (χ4n) is 3.78. The van der Waals surface area contributed by atoms with Crippen LogP contribution >= 0.6 is 0 Å². The van der Waals surface area contributed by atoms with Gasteiger partial charge in [-0.05, 0) is 24.8 Å². The lowest BCUT2D eigenvalue weighted by Gasteiger charge is -2.28. The van der Waals surface area contributed by atoms with Crippen LogP contribution in [0.1, 0.15) is 31.2 Å². The van der Waals surface area contributed by atoms with Crippen molar-refractivity contribution in [2.75, 3.05) is 6.54 Å². The predicted octanol–water partition coefficient (Wildman–Crippen LogP) is -2.05. The molecule has 0 aromatic heterocycles. The number of nitrogens with one attached hydrogen (secondary N) is 2. The van der Waals surface area contributed by atoms with Crippen LogP contribution in [0.4, 0.5) is 0 Å². The third kappa shape index (κ3) is 8.07. The third-order valence-corrected chi connectivity index (χ3v) is 5.49. The Balaban J connectivity index is 2.14. The van der Waals surface area contributed by atoms with E-state index < -0.39 is 72.6 Å². The van der Waals surface area contributed by atoms with Gasteiger partial charge >= 0.3 is 11.9 Å². The first-order valence-electron chi connectivity index (χ1n) is 10.9. The molecule has 2 rings (SSSR count). The highest BCUT2D eigenvalue weighted by molar-refractivity contribution is 5.97. The number of nitrogens with zero attached hydrogens (tertiary/aromatic N) is 1. The molecule has 0 spiro atoms. The Hall–Kier alpha value is -4.00. The second kappa shape index (κ2) is 12.5. The normalized spacial score (nSPS) is 17.6. The van der Waals surface area contributed by atoms with Crippen molar-refractivity contribution in [3.8, 4) is 0 Å². The van der Waals surface area contributed by atoms with Gasteiger partial charge in [0.1, 0.15) is 18.1 Å². The number of nitrogens with two attached hydrogens (primary N) is 2. The van der Waals surface area contributed by atoms with E-state index in [-0.39, 0.29) is 19.4 Å². The van der Waals surface area contributed by atoms with Crippen LogP contribution in [0.5, 0.6) is 0 Å². The zero-order valence-electron chi connectivity index (χ0n) is 18.9. The minimum Gasteiger partial charge on any atom is -0.481 e. The van der Waals surface area contributed by atoms with Crippen molar-refractivity contribution in [1.82, 2.24) is 15.5 Å². The quantitative estimate of drug-likeness (QED) is 0.189. The van der Waals surface area contributed by atoms with Crippen LogP contribution in [0.25, 0.3) is 0 Å². The van der Waals surface area contributed by atoms with Gasteiger partial charge in [-0.3, -0.25) is 24.0 Å². The second-order valence-electron chi connectivity index (χ2n) is 8.21. The molecule has 8 N–H and O–H groups in total. The lowest BCUT2D eigenvalue weighted by atomic mass is 10.0. The van der Waals surface area contributed by atoms with E-state index in [1.165, 1.54) is 0 Å². The van der Waals surface area contributed by atoms with Crippen LogP contribution in [0.2, 0.25) is 0 Å². The topological polar surface area (TPSA) is 222 Å². The zero-order chi connectivity index (χ0) is 26.1. The molecule has 0 radical (unpaired) electrons. The highest BCUT2D eigenvalue weighted by Gasteiger charge is 2.39. The van der Waals surface area contributed by atoms with Gasteiger partial charge in [-0.25, -0.2) is 4.79 Å². The summed E-state index contributed by atoms with van der Waals surface area (Å²) >= 11 is 0. The minimum atomic E-state index is -1.61. The van der Waals surface area contributed by atoms with Gasteiger partial charge in [-0.1, -0.05) is 30.3 Å². The molecule has 35 heavy (non-hydrogen) atoms. The summed E-state index contributed by atoms with van der Waals surface area (Å²) in [6, 6.07) is 3.43. The smallest absolute Gasteiger partial charge is 0.326 e. The van der Waals surface area contributed by atoms with E-state index in [1.807, 2.05) is 0 Å². The molecule has 1 heterocycles. The average Bonchev–Trinajstić information content (AvgIpc) is 3.28. The van der Waals surface area contributed by atoms with Gasteiger partial charge in [0.25, 0.3) is 0 Å². The molecule has 1 aromatic carbocycles. The molecule has 13 nitrogen and oxygen atoms in total. The van der Waals surface area contributed by atoms with Crippen LogP contribution in [0.3, 0.4) is 0 Å². The number of primary amides is 1. The molecule has 1 aliphatic rings. The Morgan fingerprint density at radius 3 is 2.17 bits per heavy atom. The van der Waals surface area contributed by atoms with Crippen molar-refractivity contribution in [1.29, 1.82) is 0 Å². The first-order valence-corrected chi connectivity index (χ1v) is 10.9. The van der Waals surface area contributed by atoms with Crippen molar-refractivity contribution in [2.24, 2.45) is 11.5 Å². The number of benzene rings is 1. The van der Waals surface area contributed by atoms with E-state index in [1.54, 1.807) is 30.3 Å². The number of carboxylic acid groups (broad SMARTS) is 2. The molecular weight excluding hydrogens is 462 g/mol. The molecule has 4 unspecified atom stereocenters. The van der Waals surface area contributed by atoms with Crippen LogP contribution < -0.4 is 22.1 Å². The van der Waals surface area contributed by atoms with Gasteiger partial charge in [0.15, 0.2) is 0 Å². The number of hydrogen-bond acceptors (Lipinski definition) is 7. The number of carboxylic acids is 2. The number of carbonyl (C=O) groups excluding carboxylic acids is 4. The van der Waals surface area contributed by atoms with Crippen LogP contribution in [0.15, 0.2) is 30.3 Å². The molecular formula is C22H29N5O8.